The highest BCUT2D eigenvalue weighted by atomic mass is 15.1. The van der Waals surface area contributed by atoms with Crippen LogP contribution in [-0.2, 0) is 0 Å². The van der Waals surface area contributed by atoms with Crippen LogP contribution in [0.4, 0.5) is 0 Å². The molecule has 0 unspecified atom stereocenters. The minimum atomic E-state index is 0.335. The average Bonchev–Trinajstić information content (AvgIpc) is 2.65. The number of aromatic nitrogens is 2. The Morgan fingerprint density at radius 2 is 1.94 bits per heavy atom. The minimum absolute atomic E-state index is 0.335. The van der Waals surface area contributed by atoms with Crippen molar-refractivity contribution in [3.63, 3.8) is 0 Å². The van der Waals surface area contributed by atoms with Crippen molar-refractivity contribution in [2.45, 2.75) is 62.9 Å². The lowest BCUT2D eigenvalue weighted by Gasteiger charge is -2.34. The second-order valence-electron chi connectivity index (χ2n) is 5.37. The van der Waals surface area contributed by atoms with E-state index in [0.29, 0.717) is 12.1 Å². The Morgan fingerprint density at radius 1 is 1.12 bits per heavy atom. The predicted octanol–water partition coefficient (Wildman–Crippen LogP) is 2.59. The van der Waals surface area contributed by atoms with Crippen LogP contribution in [0.5, 0.6) is 0 Å². The van der Waals surface area contributed by atoms with Crippen molar-refractivity contribution in [3.8, 4) is 0 Å². The Bertz CT molecular complexity index is 354. The van der Waals surface area contributed by atoms with Gasteiger partial charge in [-0.1, -0.05) is 19.3 Å². The van der Waals surface area contributed by atoms with Crippen molar-refractivity contribution in [3.05, 3.63) is 18.2 Å². The van der Waals surface area contributed by atoms with Crippen LogP contribution in [0.2, 0.25) is 0 Å². The van der Waals surface area contributed by atoms with Gasteiger partial charge in [0, 0.05) is 29.9 Å². The molecule has 0 radical (unpaired) electrons. The lowest BCUT2D eigenvalue weighted by atomic mass is 9.82. The van der Waals surface area contributed by atoms with E-state index in [9.17, 15) is 0 Å². The van der Waals surface area contributed by atoms with Crippen molar-refractivity contribution in [2.24, 2.45) is 5.73 Å². The molecule has 1 heterocycles. The molecule has 0 spiro atoms. The largest absolute Gasteiger partial charge is 0.330 e. The van der Waals surface area contributed by atoms with Crippen LogP contribution in [0.25, 0.3) is 0 Å². The third-order valence-electron chi connectivity index (χ3n) is 4.36. The summed E-state index contributed by atoms with van der Waals surface area (Å²) in [5.41, 5.74) is 7.69. The maximum absolute atomic E-state index is 6.25. The first-order valence-corrected chi connectivity index (χ1v) is 6.63. The molecule has 0 aromatic carbocycles. The number of nitrogens with two attached hydrogens (primary N) is 1. The van der Waals surface area contributed by atoms with Crippen LogP contribution in [0.3, 0.4) is 0 Å². The second-order valence-corrected chi connectivity index (χ2v) is 5.37. The smallest absolute Gasteiger partial charge is 0.0951 e. The third kappa shape index (κ3) is 1.67. The molecule has 2 aliphatic carbocycles. The monoisotopic (exact) mass is 219 g/mol. The molecule has 0 saturated heterocycles. The molecule has 0 aliphatic heterocycles. The van der Waals surface area contributed by atoms with E-state index in [1.54, 1.807) is 0 Å². The minimum Gasteiger partial charge on any atom is -0.330 e. The number of imidazole rings is 1. The lowest BCUT2D eigenvalue weighted by Crippen LogP contribution is -2.36. The molecule has 2 fully saturated rings. The van der Waals surface area contributed by atoms with Gasteiger partial charge in [-0.05, 0) is 25.7 Å². The van der Waals surface area contributed by atoms with Gasteiger partial charge in [0.2, 0.25) is 0 Å². The summed E-state index contributed by atoms with van der Waals surface area (Å²) in [4.78, 5) is 4.34. The maximum Gasteiger partial charge on any atom is 0.0951 e. The van der Waals surface area contributed by atoms with Gasteiger partial charge >= 0.3 is 0 Å². The van der Waals surface area contributed by atoms with E-state index >= 15 is 0 Å². The summed E-state index contributed by atoms with van der Waals surface area (Å²) in [6.45, 7) is 0. The van der Waals surface area contributed by atoms with E-state index < -0.39 is 0 Å². The first kappa shape index (κ1) is 10.3. The van der Waals surface area contributed by atoms with Crippen LogP contribution in [0, 0.1) is 0 Å². The summed E-state index contributed by atoms with van der Waals surface area (Å²) >= 11 is 0. The van der Waals surface area contributed by atoms with E-state index in [1.807, 2.05) is 6.33 Å². The van der Waals surface area contributed by atoms with E-state index in [2.05, 4.69) is 15.7 Å². The van der Waals surface area contributed by atoms with E-state index in [1.165, 1.54) is 50.6 Å². The van der Waals surface area contributed by atoms with E-state index in [0.717, 1.165) is 5.92 Å². The molecule has 3 heteroatoms. The Labute approximate surface area is 97.0 Å². The van der Waals surface area contributed by atoms with Gasteiger partial charge in [-0.15, -0.1) is 0 Å². The van der Waals surface area contributed by atoms with Gasteiger partial charge in [0.05, 0.1) is 6.33 Å². The third-order valence-corrected chi connectivity index (χ3v) is 4.36. The highest BCUT2D eigenvalue weighted by molar-refractivity contribution is 5.11. The van der Waals surface area contributed by atoms with Gasteiger partial charge in [-0.25, -0.2) is 4.98 Å². The molecule has 0 bridgehead atoms. The van der Waals surface area contributed by atoms with Crippen LogP contribution >= 0.6 is 0 Å². The molecule has 88 valence electrons. The number of rotatable bonds is 2. The molecule has 3 nitrogen and oxygen atoms in total. The molecule has 2 N–H and O–H groups in total. The molecule has 16 heavy (non-hydrogen) atoms. The molecule has 1 aromatic rings. The van der Waals surface area contributed by atoms with Gasteiger partial charge in [0.1, 0.15) is 0 Å². The van der Waals surface area contributed by atoms with Gasteiger partial charge in [0.15, 0.2) is 0 Å². The van der Waals surface area contributed by atoms with E-state index in [-0.39, 0.29) is 0 Å². The fourth-order valence-electron chi connectivity index (χ4n) is 3.10. The Kier molecular flexibility index (Phi) is 2.72. The van der Waals surface area contributed by atoms with Crippen LogP contribution < -0.4 is 5.73 Å². The van der Waals surface area contributed by atoms with E-state index in [4.69, 9.17) is 5.73 Å². The lowest BCUT2D eigenvalue weighted by molar-refractivity contribution is 0.286. The molecule has 2 atom stereocenters. The van der Waals surface area contributed by atoms with Crippen LogP contribution in [0.1, 0.15) is 62.6 Å². The summed E-state index contributed by atoms with van der Waals surface area (Å²) in [5, 5.41) is 0. The van der Waals surface area contributed by atoms with Crippen molar-refractivity contribution in [1.82, 2.24) is 9.55 Å². The summed E-state index contributed by atoms with van der Waals surface area (Å²) in [7, 11) is 0. The number of nitrogens with zero attached hydrogens (tertiary/aromatic N) is 2. The summed E-state index contributed by atoms with van der Waals surface area (Å²) in [5.74, 6) is 0.761. The van der Waals surface area contributed by atoms with Gasteiger partial charge in [-0.3, -0.25) is 0 Å². The van der Waals surface area contributed by atoms with Gasteiger partial charge < -0.3 is 10.3 Å². The van der Waals surface area contributed by atoms with Crippen LogP contribution in [-0.4, -0.2) is 15.6 Å². The number of hydrogen-bond donors (Lipinski definition) is 1. The Balaban J connectivity index is 1.84. The maximum atomic E-state index is 6.25. The zero-order valence-corrected chi connectivity index (χ0v) is 9.81. The van der Waals surface area contributed by atoms with Gasteiger partial charge in [-0.2, -0.15) is 0 Å². The first-order chi connectivity index (χ1) is 7.86. The molecule has 2 saturated carbocycles. The fraction of sp³-hybridized carbons (Fsp3) is 0.769. The van der Waals surface area contributed by atoms with Crippen LogP contribution in [0.15, 0.2) is 12.5 Å². The molecule has 0 amide bonds. The zero-order valence-electron chi connectivity index (χ0n) is 9.81. The molecule has 2 aliphatic rings. The Hall–Kier alpha value is -0.830. The molecule has 3 rings (SSSR count). The van der Waals surface area contributed by atoms with Gasteiger partial charge in [0.25, 0.3) is 0 Å². The van der Waals surface area contributed by atoms with Crippen molar-refractivity contribution in [2.75, 3.05) is 0 Å². The Morgan fingerprint density at radius 3 is 2.62 bits per heavy atom. The zero-order chi connectivity index (χ0) is 11.0. The fourth-order valence-corrected chi connectivity index (χ4v) is 3.10. The summed E-state index contributed by atoms with van der Waals surface area (Å²) in [6.07, 6.45) is 13.2. The quantitative estimate of drug-likeness (QED) is 0.831. The SMILES string of the molecule is N[C@@H]1CCCC[C@H]1n1cncc1C1CCC1. The topological polar surface area (TPSA) is 43.8 Å². The van der Waals surface area contributed by atoms with Crippen molar-refractivity contribution < 1.29 is 0 Å². The average molecular weight is 219 g/mol. The normalized spacial score (nSPS) is 31.3. The predicted molar refractivity (Wildman–Crippen MR) is 64.3 cm³/mol. The standard InChI is InChI=1S/C13H21N3/c14-11-6-1-2-7-12(11)16-9-15-8-13(16)10-4-3-5-10/h8-12H,1-7,14H2/t11-,12-/m1/s1. The summed E-state index contributed by atoms with van der Waals surface area (Å²) < 4.78 is 2.38. The highest BCUT2D eigenvalue weighted by Crippen LogP contribution is 2.38. The first-order valence-electron chi connectivity index (χ1n) is 6.63. The molecule has 1 aromatic heterocycles. The summed E-state index contributed by atoms with van der Waals surface area (Å²) in [6, 6.07) is 0.841. The van der Waals surface area contributed by atoms with Crippen molar-refractivity contribution >= 4 is 0 Å². The highest BCUT2D eigenvalue weighted by Gasteiger charge is 2.29. The second kappa shape index (κ2) is 4.21. The molecular formula is C13H21N3. The molecular weight excluding hydrogens is 198 g/mol. The number of hydrogen-bond acceptors (Lipinski definition) is 2. The van der Waals surface area contributed by atoms with Crippen molar-refractivity contribution in [1.29, 1.82) is 0 Å².